The summed E-state index contributed by atoms with van der Waals surface area (Å²) in [5.74, 6) is 1.85. The van der Waals surface area contributed by atoms with E-state index in [2.05, 4.69) is 25.1 Å². The highest BCUT2D eigenvalue weighted by molar-refractivity contribution is 7.15. The molecule has 1 aliphatic heterocycles. The Morgan fingerprint density at radius 3 is 3.11 bits per heavy atom. The Morgan fingerprint density at radius 2 is 2.18 bits per heavy atom. The zero-order chi connectivity index (χ0) is 18.9. The third kappa shape index (κ3) is 3.31. The number of fused-ring (bicyclic) bond motifs is 2. The number of aromatic nitrogens is 5. The molecule has 0 saturated carbocycles. The lowest BCUT2D eigenvalue weighted by atomic mass is 10.1. The zero-order valence-corrected chi connectivity index (χ0v) is 16.2. The summed E-state index contributed by atoms with van der Waals surface area (Å²) in [4.78, 5) is 17.8. The van der Waals surface area contributed by atoms with Crippen LogP contribution in [0.15, 0.2) is 42.0 Å². The third-order valence-corrected chi connectivity index (χ3v) is 5.77. The van der Waals surface area contributed by atoms with Crippen LogP contribution in [0.25, 0.3) is 16.3 Å². The number of thiazole rings is 1. The first-order chi connectivity index (χ1) is 13.8. The molecule has 0 spiro atoms. The van der Waals surface area contributed by atoms with Crippen LogP contribution in [0.1, 0.15) is 30.8 Å². The van der Waals surface area contributed by atoms with Crippen molar-refractivity contribution in [3.8, 4) is 11.4 Å². The van der Waals surface area contributed by atoms with E-state index in [0.29, 0.717) is 0 Å². The van der Waals surface area contributed by atoms with Gasteiger partial charge in [0.2, 0.25) is 5.91 Å². The van der Waals surface area contributed by atoms with Gasteiger partial charge >= 0.3 is 0 Å². The Kier molecular flexibility index (Phi) is 4.40. The number of rotatable bonds is 4. The molecule has 1 N–H and O–H groups in total. The Hall–Kier alpha value is -3.00. The van der Waals surface area contributed by atoms with E-state index in [1.54, 1.807) is 11.3 Å². The monoisotopic (exact) mass is 392 g/mol. The minimum absolute atomic E-state index is 0.0806. The van der Waals surface area contributed by atoms with E-state index in [1.165, 1.54) is 12.8 Å². The lowest BCUT2D eigenvalue weighted by Crippen LogP contribution is -2.14. The highest BCUT2D eigenvalue weighted by Crippen LogP contribution is 2.25. The fourth-order valence-electron chi connectivity index (χ4n) is 3.67. The van der Waals surface area contributed by atoms with Gasteiger partial charge in [-0.25, -0.2) is 4.98 Å². The number of benzene rings is 1. The van der Waals surface area contributed by atoms with Crippen molar-refractivity contribution in [1.82, 2.24) is 24.1 Å². The van der Waals surface area contributed by atoms with Crippen molar-refractivity contribution in [3.05, 3.63) is 53.6 Å². The van der Waals surface area contributed by atoms with Crippen LogP contribution in [0.2, 0.25) is 0 Å². The van der Waals surface area contributed by atoms with E-state index in [4.69, 9.17) is 0 Å². The third-order valence-electron chi connectivity index (χ3n) is 5.00. The molecule has 1 amide bonds. The molecule has 0 bridgehead atoms. The molecule has 4 aromatic rings. The van der Waals surface area contributed by atoms with Crippen molar-refractivity contribution in [3.63, 3.8) is 0 Å². The van der Waals surface area contributed by atoms with Gasteiger partial charge in [-0.2, -0.15) is 0 Å². The molecule has 0 saturated heterocycles. The van der Waals surface area contributed by atoms with Crippen molar-refractivity contribution in [2.75, 3.05) is 5.32 Å². The fourth-order valence-corrected chi connectivity index (χ4v) is 4.38. The van der Waals surface area contributed by atoms with Crippen molar-refractivity contribution in [1.29, 1.82) is 0 Å². The van der Waals surface area contributed by atoms with E-state index in [1.807, 2.05) is 46.4 Å². The molecule has 28 heavy (non-hydrogen) atoms. The number of amides is 1. The van der Waals surface area contributed by atoms with E-state index in [0.717, 1.165) is 52.9 Å². The first-order valence-corrected chi connectivity index (χ1v) is 10.4. The van der Waals surface area contributed by atoms with Crippen molar-refractivity contribution in [2.24, 2.45) is 0 Å². The van der Waals surface area contributed by atoms with Crippen LogP contribution in [0.3, 0.4) is 0 Å². The Labute approximate surface area is 166 Å². The topological polar surface area (TPSA) is 77.1 Å². The number of nitrogens with one attached hydrogen (secondary N) is 1. The first-order valence-electron chi connectivity index (χ1n) is 9.50. The molecule has 8 heteroatoms. The van der Waals surface area contributed by atoms with Crippen LogP contribution < -0.4 is 5.32 Å². The van der Waals surface area contributed by atoms with Gasteiger partial charge < -0.3 is 9.88 Å². The van der Waals surface area contributed by atoms with Gasteiger partial charge in [0.25, 0.3) is 0 Å². The number of hydrogen-bond donors (Lipinski definition) is 1. The number of carbonyl (C=O) groups is 1. The summed E-state index contributed by atoms with van der Waals surface area (Å²) in [6.45, 7) is 0.950. The molecule has 7 nitrogen and oxygen atoms in total. The van der Waals surface area contributed by atoms with E-state index in [9.17, 15) is 4.79 Å². The lowest BCUT2D eigenvalue weighted by molar-refractivity contribution is -0.115. The highest BCUT2D eigenvalue weighted by Gasteiger charge is 2.16. The molecule has 5 rings (SSSR count). The molecule has 0 radical (unpaired) electrons. The standard InChI is InChI=1S/C20H20N6OS/c27-18(12-16-13-25-9-10-28-20(25)22-16)21-15-6-4-5-14(11-15)19-24-23-17-7-2-1-3-8-26(17)19/h4-6,9-11,13H,1-3,7-8,12H2,(H,21,27). The number of aryl methyl sites for hydroxylation is 1. The van der Waals surface area contributed by atoms with Gasteiger partial charge in [0.05, 0.1) is 12.1 Å². The van der Waals surface area contributed by atoms with Gasteiger partial charge in [0.15, 0.2) is 10.8 Å². The van der Waals surface area contributed by atoms with Gasteiger partial charge in [-0.15, -0.1) is 21.5 Å². The van der Waals surface area contributed by atoms with Crippen molar-refractivity contribution >= 4 is 27.9 Å². The quantitative estimate of drug-likeness (QED) is 0.576. The Morgan fingerprint density at radius 1 is 1.21 bits per heavy atom. The van der Waals surface area contributed by atoms with E-state index < -0.39 is 0 Å². The summed E-state index contributed by atoms with van der Waals surface area (Å²) in [6, 6.07) is 7.82. The summed E-state index contributed by atoms with van der Waals surface area (Å²) in [7, 11) is 0. The molecule has 0 aliphatic carbocycles. The molecule has 3 aromatic heterocycles. The summed E-state index contributed by atoms with van der Waals surface area (Å²) in [6.07, 6.45) is 8.61. The maximum Gasteiger partial charge on any atom is 0.230 e. The maximum absolute atomic E-state index is 12.5. The predicted octanol–water partition coefficient (Wildman–Crippen LogP) is 3.56. The molecule has 4 heterocycles. The molecule has 0 atom stereocenters. The Bertz CT molecular complexity index is 1110. The molecular formula is C20H20N6OS. The summed E-state index contributed by atoms with van der Waals surface area (Å²) >= 11 is 1.56. The van der Waals surface area contributed by atoms with Gasteiger partial charge in [-0.05, 0) is 25.0 Å². The summed E-state index contributed by atoms with van der Waals surface area (Å²) in [5.41, 5.74) is 2.50. The molecular weight excluding hydrogens is 372 g/mol. The molecule has 142 valence electrons. The maximum atomic E-state index is 12.5. The first kappa shape index (κ1) is 17.1. The number of imidazole rings is 1. The molecule has 1 aliphatic rings. The SMILES string of the molecule is O=C(Cc1cn2ccsc2n1)Nc1cccc(-c2nnc3n2CCCCC3)c1. The zero-order valence-electron chi connectivity index (χ0n) is 15.3. The second-order valence-corrected chi connectivity index (χ2v) is 7.91. The van der Waals surface area contributed by atoms with Crippen LogP contribution in [-0.2, 0) is 24.2 Å². The van der Waals surface area contributed by atoms with Gasteiger partial charge in [0.1, 0.15) is 5.82 Å². The largest absolute Gasteiger partial charge is 0.326 e. The minimum Gasteiger partial charge on any atom is -0.326 e. The van der Waals surface area contributed by atoms with Crippen LogP contribution in [-0.4, -0.2) is 30.1 Å². The van der Waals surface area contributed by atoms with Crippen LogP contribution >= 0.6 is 11.3 Å². The number of hydrogen-bond acceptors (Lipinski definition) is 5. The molecule has 0 fully saturated rings. The smallest absolute Gasteiger partial charge is 0.230 e. The second-order valence-electron chi connectivity index (χ2n) is 7.03. The summed E-state index contributed by atoms with van der Waals surface area (Å²) in [5, 5.41) is 13.7. The average Bonchev–Trinajstić information content (AvgIpc) is 3.33. The second kappa shape index (κ2) is 7.20. The van der Waals surface area contributed by atoms with Gasteiger partial charge in [0, 0.05) is 42.0 Å². The van der Waals surface area contributed by atoms with Crippen LogP contribution in [0.5, 0.6) is 0 Å². The van der Waals surface area contributed by atoms with Gasteiger partial charge in [-0.1, -0.05) is 18.6 Å². The lowest BCUT2D eigenvalue weighted by Gasteiger charge is -2.09. The Balaban J connectivity index is 1.33. The number of nitrogens with zero attached hydrogens (tertiary/aromatic N) is 5. The fraction of sp³-hybridized carbons (Fsp3) is 0.300. The normalized spacial score (nSPS) is 14.0. The van der Waals surface area contributed by atoms with Crippen molar-refractivity contribution < 1.29 is 4.79 Å². The van der Waals surface area contributed by atoms with Crippen LogP contribution in [0.4, 0.5) is 5.69 Å². The molecule has 0 unspecified atom stereocenters. The molecule has 1 aromatic carbocycles. The van der Waals surface area contributed by atoms with Crippen LogP contribution in [0, 0.1) is 0 Å². The van der Waals surface area contributed by atoms with E-state index >= 15 is 0 Å². The highest BCUT2D eigenvalue weighted by atomic mass is 32.1. The van der Waals surface area contributed by atoms with Crippen molar-refractivity contribution in [2.45, 2.75) is 38.6 Å². The number of carbonyl (C=O) groups excluding carboxylic acids is 1. The summed E-state index contributed by atoms with van der Waals surface area (Å²) < 4.78 is 4.15. The predicted molar refractivity (Wildman–Crippen MR) is 108 cm³/mol. The number of anilines is 1. The van der Waals surface area contributed by atoms with E-state index in [-0.39, 0.29) is 12.3 Å². The van der Waals surface area contributed by atoms with Gasteiger partial charge in [-0.3, -0.25) is 9.20 Å². The minimum atomic E-state index is -0.0806. The average molecular weight is 392 g/mol.